The van der Waals surface area contributed by atoms with Gasteiger partial charge in [0.05, 0.1) is 6.26 Å². The first kappa shape index (κ1) is 14.0. The summed E-state index contributed by atoms with van der Waals surface area (Å²) in [7, 11) is -3.76. The van der Waals surface area contributed by atoms with Gasteiger partial charge in [0.25, 0.3) is 0 Å². The van der Waals surface area contributed by atoms with Gasteiger partial charge in [-0.1, -0.05) is 0 Å². The lowest BCUT2D eigenvalue weighted by Gasteiger charge is -2.24. The van der Waals surface area contributed by atoms with E-state index in [0.29, 0.717) is 13.1 Å². The molecule has 0 aromatic rings. The molecule has 0 aromatic heterocycles. The van der Waals surface area contributed by atoms with Gasteiger partial charge >= 0.3 is 21.6 Å². The fourth-order valence-corrected chi connectivity index (χ4v) is 1.67. The van der Waals surface area contributed by atoms with Gasteiger partial charge in [0.2, 0.25) is 0 Å². The highest BCUT2D eigenvalue weighted by molar-refractivity contribution is 7.85. The van der Waals surface area contributed by atoms with Crippen LogP contribution in [0, 0.1) is 0 Å². The van der Waals surface area contributed by atoms with Crippen molar-refractivity contribution >= 4 is 33.2 Å². The average molecular weight is 285 g/mol. The van der Waals surface area contributed by atoms with Crippen molar-refractivity contribution in [3.05, 3.63) is 0 Å². The second-order valence-electron chi connectivity index (χ2n) is 3.54. The van der Waals surface area contributed by atoms with Crippen LogP contribution >= 0.6 is 11.6 Å². The molecule has 1 amide bonds. The van der Waals surface area contributed by atoms with Crippen molar-refractivity contribution in [1.82, 2.24) is 4.90 Å². The van der Waals surface area contributed by atoms with Gasteiger partial charge in [0.1, 0.15) is 0 Å². The predicted molar refractivity (Wildman–Crippen MR) is 61.1 cm³/mol. The van der Waals surface area contributed by atoms with Gasteiger partial charge in [0.15, 0.2) is 0 Å². The van der Waals surface area contributed by atoms with Crippen molar-refractivity contribution in [3.8, 4) is 0 Å². The summed E-state index contributed by atoms with van der Waals surface area (Å²) in [5.74, 6) is 0. The number of amides is 1. The largest absolute Gasteiger partial charge is 0.417 e. The van der Waals surface area contributed by atoms with E-state index in [-0.39, 0.29) is 0 Å². The normalized spacial score (nSPS) is 17.8. The fourth-order valence-electron chi connectivity index (χ4n) is 1.33. The molecule has 98 valence electrons. The van der Waals surface area contributed by atoms with Crippen molar-refractivity contribution in [2.45, 2.75) is 19.3 Å². The Labute approximate surface area is 104 Å². The Bertz CT molecular complexity index is 402. The first-order valence-electron chi connectivity index (χ1n) is 4.97. The quantitative estimate of drug-likeness (QED) is 0.430. The molecule has 0 N–H and O–H groups in total. The van der Waals surface area contributed by atoms with Gasteiger partial charge in [-0.15, -0.1) is 0 Å². The van der Waals surface area contributed by atoms with Crippen LogP contribution in [0.1, 0.15) is 19.3 Å². The number of oxime groups is 1. The lowest BCUT2D eigenvalue weighted by atomic mass is 10.1. The number of piperidine rings is 1. The molecular formula is C8H13ClN2O5S. The molecule has 0 atom stereocenters. The van der Waals surface area contributed by atoms with Crippen LogP contribution in [0.4, 0.5) is 4.79 Å². The Morgan fingerprint density at radius 3 is 2.41 bits per heavy atom. The molecule has 0 aliphatic carbocycles. The van der Waals surface area contributed by atoms with E-state index < -0.39 is 21.6 Å². The van der Waals surface area contributed by atoms with Crippen LogP contribution in [-0.4, -0.2) is 44.1 Å². The van der Waals surface area contributed by atoms with Crippen molar-refractivity contribution in [2.75, 3.05) is 19.3 Å². The minimum Gasteiger partial charge on any atom is -0.378 e. The predicted octanol–water partition coefficient (Wildman–Crippen LogP) is 1.09. The highest BCUT2D eigenvalue weighted by atomic mass is 35.5. The van der Waals surface area contributed by atoms with Crippen molar-refractivity contribution < 1.29 is 22.2 Å². The lowest BCUT2D eigenvalue weighted by Crippen LogP contribution is -2.36. The third-order valence-corrected chi connectivity index (χ3v) is 2.52. The zero-order chi connectivity index (χ0) is 12.9. The van der Waals surface area contributed by atoms with E-state index in [0.717, 1.165) is 25.5 Å². The average Bonchev–Trinajstić information content (AvgIpc) is 2.27. The number of ether oxygens (including phenoxy) is 1. The Morgan fingerprint density at radius 1 is 1.29 bits per heavy atom. The number of halogens is 1. The molecule has 1 saturated heterocycles. The highest BCUT2D eigenvalue weighted by Gasteiger charge is 2.19. The summed E-state index contributed by atoms with van der Waals surface area (Å²) in [6.07, 6.45) is 3.03. The molecular weight excluding hydrogens is 272 g/mol. The maximum Gasteiger partial charge on any atom is 0.417 e. The van der Waals surface area contributed by atoms with E-state index in [1.54, 1.807) is 0 Å². The molecule has 1 heterocycles. The lowest BCUT2D eigenvalue weighted by molar-refractivity contribution is 0.138. The van der Waals surface area contributed by atoms with Crippen molar-refractivity contribution in [1.29, 1.82) is 0 Å². The molecule has 1 aliphatic rings. The molecule has 9 heteroatoms. The minimum atomic E-state index is -3.76. The van der Waals surface area contributed by atoms with Crippen LogP contribution in [0.15, 0.2) is 5.16 Å². The monoisotopic (exact) mass is 284 g/mol. The maximum absolute atomic E-state index is 11.5. The first-order valence-corrected chi connectivity index (χ1v) is 7.17. The van der Waals surface area contributed by atoms with E-state index >= 15 is 0 Å². The number of hydrogen-bond acceptors (Lipinski definition) is 6. The van der Waals surface area contributed by atoms with Gasteiger partial charge < -0.3 is 9.64 Å². The molecule has 1 fully saturated rings. The van der Waals surface area contributed by atoms with Crippen LogP contribution in [0.2, 0.25) is 0 Å². The molecule has 1 rings (SSSR count). The summed E-state index contributed by atoms with van der Waals surface area (Å²) in [5.41, 5.74) is 0. The van der Waals surface area contributed by atoms with Gasteiger partial charge in [-0.3, -0.25) is 4.28 Å². The van der Waals surface area contributed by atoms with Crippen molar-refractivity contribution in [2.24, 2.45) is 5.16 Å². The minimum absolute atomic E-state index is 0.593. The summed E-state index contributed by atoms with van der Waals surface area (Å²) in [6, 6.07) is 0. The van der Waals surface area contributed by atoms with E-state index in [4.69, 9.17) is 11.6 Å². The molecule has 1 aliphatic heterocycles. The van der Waals surface area contributed by atoms with Crippen LogP contribution in [0.3, 0.4) is 0 Å². The van der Waals surface area contributed by atoms with Crippen LogP contribution < -0.4 is 0 Å². The Balaban J connectivity index is 2.44. The molecule has 7 nitrogen and oxygen atoms in total. The highest BCUT2D eigenvalue weighted by Crippen LogP contribution is 2.10. The Kier molecular flexibility index (Phi) is 5.01. The third-order valence-electron chi connectivity index (χ3n) is 2.03. The zero-order valence-electron chi connectivity index (χ0n) is 9.26. The number of rotatable bonds is 2. The summed E-state index contributed by atoms with van der Waals surface area (Å²) in [6.45, 7) is 1.19. The Morgan fingerprint density at radius 2 is 1.88 bits per heavy atom. The van der Waals surface area contributed by atoms with Gasteiger partial charge in [-0.05, 0) is 36.0 Å². The number of nitrogens with zero attached hydrogens (tertiary/aromatic N) is 2. The molecule has 0 aromatic carbocycles. The third kappa shape index (κ3) is 5.73. The number of hydrogen-bond donors (Lipinski definition) is 0. The smallest absolute Gasteiger partial charge is 0.378 e. The standard InChI is InChI=1S/C8H13ClN2O5S/c1-17(13,14)16-10-7(9)15-8(12)11-5-3-2-4-6-11/h2-6H2,1H3. The second kappa shape index (κ2) is 6.06. The van der Waals surface area contributed by atoms with Crippen LogP contribution in [0.5, 0.6) is 0 Å². The summed E-state index contributed by atoms with van der Waals surface area (Å²) in [5, 5.41) is 2.29. The van der Waals surface area contributed by atoms with E-state index in [1.807, 2.05) is 0 Å². The van der Waals surface area contributed by atoms with Crippen LogP contribution in [-0.2, 0) is 19.1 Å². The first-order chi connectivity index (χ1) is 7.88. The van der Waals surface area contributed by atoms with E-state index in [1.165, 1.54) is 4.90 Å². The molecule has 0 saturated carbocycles. The molecule has 17 heavy (non-hydrogen) atoms. The van der Waals surface area contributed by atoms with E-state index in [2.05, 4.69) is 14.2 Å². The molecule has 0 spiro atoms. The number of likely N-dealkylation sites (tertiary alicyclic amines) is 1. The van der Waals surface area contributed by atoms with Gasteiger partial charge in [0, 0.05) is 13.1 Å². The fraction of sp³-hybridized carbons (Fsp3) is 0.750. The van der Waals surface area contributed by atoms with Gasteiger partial charge in [-0.2, -0.15) is 8.42 Å². The summed E-state index contributed by atoms with van der Waals surface area (Å²) in [4.78, 5) is 12.9. The molecule has 0 unspecified atom stereocenters. The summed E-state index contributed by atoms with van der Waals surface area (Å²) >= 11 is 5.39. The van der Waals surface area contributed by atoms with E-state index in [9.17, 15) is 13.2 Å². The zero-order valence-corrected chi connectivity index (χ0v) is 10.8. The molecule has 0 bridgehead atoms. The molecule has 0 radical (unpaired) electrons. The topological polar surface area (TPSA) is 85.3 Å². The summed E-state index contributed by atoms with van der Waals surface area (Å²) < 4.78 is 29.8. The van der Waals surface area contributed by atoms with Crippen LogP contribution in [0.25, 0.3) is 0 Å². The number of carbonyl (C=O) groups excluding carboxylic acids is 1. The SMILES string of the molecule is CS(=O)(=O)ON=C(Cl)OC(=O)N1CCCCC1. The Hall–Kier alpha value is -1.02. The second-order valence-corrected chi connectivity index (χ2v) is 5.42. The number of carbonyl (C=O) groups is 1. The van der Waals surface area contributed by atoms with Crippen molar-refractivity contribution in [3.63, 3.8) is 0 Å². The van der Waals surface area contributed by atoms with Gasteiger partial charge in [-0.25, -0.2) is 4.79 Å². The maximum atomic E-state index is 11.5.